The van der Waals surface area contributed by atoms with Gasteiger partial charge in [0.2, 0.25) is 0 Å². The predicted molar refractivity (Wildman–Crippen MR) is 103 cm³/mol. The summed E-state index contributed by atoms with van der Waals surface area (Å²) in [5, 5.41) is 0. The number of aromatic nitrogens is 2. The summed E-state index contributed by atoms with van der Waals surface area (Å²) in [6.45, 7) is 2.11. The number of nitrogens with zero attached hydrogens (tertiary/aromatic N) is 2. The van der Waals surface area contributed by atoms with E-state index in [0.717, 1.165) is 0 Å². The van der Waals surface area contributed by atoms with Gasteiger partial charge >= 0.3 is 0 Å². The molecule has 0 spiro atoms. The molecule has 2 nitrogen and oxygen atoms in total. The Labute approximate surface area is 147 Å². The molecule has 0 fully saturated rings. The lowest BCUT2D eigenvalue weighted by Crippen LogP contribution is -1.87. The van der Waals surface area contributed by atoms with Gasteiger partial charge in [0.25, 0.3) is 0 Å². The highest BCUT2D eigenvalue weighted by atomic mass is 14.6. The second kappa shape index (κ2) is 6.70. The molecule has 0 atom stereocenters. The van der Waals surface area contributed by atoms with E-state index >= 15 is 0 Å². The van der Waals surface area contributed by atoms with Gasteiger partial charge in [-0.1, -0.05) is 29.8 Å². The third kappa shape index (κ3) is 3.33. The van der Waals surface area contributed by atoms with Crippen LogP contribution in [0.5, 0.6) is 0 Å². The van der Waals surface area contributed by atoms with Crippen LogP contribution in [0.2, 0.25) is 0 Å². The Hall–Kier alpha value is -3.26. The zero-order valence-corrected chi connectivity index (χ0v) is 14.1. The SMILES string of the molecule is Cc1ccc(-c2cc(-c3ccncc3)cc(-c3ccncc3)c2)cc1. The lowest BCUT2D eigenvalue weighted by Gasteiger charge is -2.11. The van der Waals surface area contributed by atoms with Gasteiger partial charge < -0.3 is 0 Å². The maximum absolute atomic E-state index is 4.13. The number of aryl methyl sites for hydroxylation is 1. The van der Waals surface area contributed by atoms with Gasteiger partial charge in [-0.25, -0.2) is 0 Å². The molecule has 0 unspecified atom stereocenters. The molecule has 0 N–H and O–H groups in total. The molecular weight excluding hydrogens is 304 g/mol. The number of hydrogen-bond acceptors (Lipinski definition) is 2. The van der Waals surface area contributed by atoms with Gasteiger partial charge in [0, 0.05) is 24.8 Å². The van der Waals surface area contributed by atoms with E-state index in [-0.39, 0.29) is 0 Å². The molecule has 0 saturated carbocycles. The average Bonchev–Trinajstić information content (AvgIpc) is 2.69. The number of hydrogen-bond donors (Lipinski definition) is 0. The molecule has 4 aromatic rings. The summed E-state index contributed by atoms with van der Waals surface area (Å²) in [6, 6.07) is 23.6. The van der Waals surface area contributed by atoms with E-state index in [1.54, 1.807) is 0 Å². The van der Waals surface area contributed by atoms with Crippen LogP contribution in [0.4, 0.5) is 0 Å². The van der Waals surface area contributed by atoms with Crippen LogP contribution in [-0.4, -0.2) is 9.97 Å². The van der Waals surface area contributed by atoms with Crippen molar-refractivity contribution < 1.29 is 0 Å². The molecule has 2 aromatic carbocycles. The largest absolute Gasteiger partial charge is 0.265 e. The van der Waals surface area contributed by atoms with Crippen molar-refractivity contribution in [2.24, 2.45) is 0 Å². The lowest BCUT2D eigenvalue weighted by atomic mass is 9.94. The van der Waals surface area contributed by atoms with Crippen molar-refractivity contribution >= 4 is 0 Å². The Bertz CT molecular complexity index is 918. The van der Waals surface area contributed by atoms with Crippen molar-refractivity contribution in [1.82, 2.24) is 9.97 Å². The zero-order chi connectivity index (χ0) is 17.1. The standard InChI is InChI=1S/C23H18N2/c1-17-2-4-18(5-3-17)21-14-22(19-6-10-24-11-7-19)16-23(15-21)20-8-12-25-13-9-20/h2-16H,1H3. The Morgan fingerprint density at radius 2 is 0.800 bits per heavy atom. The fourth-order valence-electron chi connectivity index (χ4n) is 2.96. The summed E-state index contributed by atoms with van der Waals surface area (Å²) in [7, 11) is 0. The Morgan fingerprint density at radius 1 is 0.440 bits per heavy atom. The van der Waals surface area contributed by atoms with Crippen LogP contribution >= 0.6 is 0 Å². The maximum atomic E-state index is 4.13. The number of rotatable bonds is 3. The highest BCUT2D eigenvalue weighted by molar-refractivity contribution is 5.80. The third-order valence-electron chi connectivity index (χ3n) is 4.35. The number of pyridine rings is 2. The zero-order valence-electron chi connectivity index (χ0n) is 14.1. The van der Waals surface area contributed by atoms with Gasteiger partial charge in [-0.2, -0.15) is 0 Å². The molecule has 0 amide bonds. The maximum Gasteiger partial charge on any atom is 0.0273 e. The smallest absolute Gasteiger partial charge is 0.0273 e. The van der Waals surface area contributed by atoms with Gasteiger partial charge in [0.05, 0.1) is 0 Å². The average molecular weight is 322 g/mol. The minimum atomic E-state index is 1.17. The van der Waals surface area contributed by atoms with Crippen molar-refractivity contribution in [2.75, 3.05) is 0 Å². The molecule has 0 bridgehead atoms. The Kier molecular flexibility index (Phi) is 4.09. The molecule has 2 heteroatoms. The predicted octanol–water partition coefficient (Wildman–Crippen LogP) is 5.79. The second-order valence-electron chi connectivity index (χ2n) is 6.14. The summed E-state index contributed by atoms with van der Waals surface area (Å²) >= 11 is 0. The van der Waals surface area contributed by atoms with Crippen molar-refractivity contribution in [3.8, 4) is 33.4 Å². The van der Waals surface area contributed by atoms with Crippen molar-refractivity contribution in [3.05, 3.63) is 97.1 Å². The second-order valence-corrected chi connectivity index (χ2v) is 6.14. The molecule has 0 saturated heterocycles. The van der Waals surface area contributed by atoms with E-state index in [0.29, 0.717) is 0 Å². The van der Waals surface area contributed by atoms with E-state index in [1.807, 2.05) is 49.1 Å². The minimum Gasteiger partial charge on any atom is -0.265 e. The third-order valence-corrected chi connectivity index (χ3v) is 4.35. The molecule has 4 rings (SSSR count). The van der Waals surface area contributed by atoms with Crippen LogP contribution in [0.15, 0.2) is 91.5 Å². The van der Waals surface area contributed by atoms with Gasteiger partial charge in [0.1, 0.15) is 0 Å². The lowest BCUT2D eigenvalue weighted by molar-refractivity contribution is 1.33. The highest BCUT2D eigenvalue weighted by Gasteiger charge is 2.07. The van der Waals surface area contributed by atoms with Crippen LogP contribution in [0.3, 0.4) is 0 Å². The van der Waals surface area contributed by atoms with Gasteiger partial charge in [0.15, 0.2) is 0 Å². The molecule has 0 aliphatic rings. The Balaban J connectivity index is 1.90. The first-order valence-corrected chi connectivity index (χ1v) is 8.32. The first kappa shape index (κ1) is 15.3. The van der Waals surface area contributed by atoms with Crippen LogP contribution in [-0.2, 0) is 0 Å². The first-order valence-electron chi connectivity index (χ1n) is 8.32. The van der Waals surface area contributed by atoms with E-state index in [2.05, 4.69) is 59.4 Å². The molecular formula is C23H18N2. The molecule has 0 aliphatic carbocycles. The van der Waals surface area contributed by atoms with Crippen molar-refractivity contribution in [1.29, 1.82) is 0 Å². The molecule has 2 aromatic heterocycles. The summed E-state index contributed by atoms with van der Waals surface area (Å²) in [4.78, 5) is 8.27. The summed E-state index contributed by atoms with van der Waals surface area (Å²) in [5.41, 5.74) is 8.40. The van der Waals surface area contributed by atoms with Crippen molar-refractivity contribution in [2.45, 2.75) is 6.92 Å². The normalized spacial score (nSPS) is 10.6. The number of benzene rings is 2. The van der Waals surface area contributed by atoms with E-state index in [4.69, 9.17) is 0 Å². The van der Waals surface area contributed by atoms with Gasteiger partial charge in [-0.15, -0.1) is 0 Å². The van der Waals surface area contributed by atoms with E-state index < -0.39 is 0 Å². The molecule has 120 valence electrons. The molecule has 0 radical (unpaired) electrons. The fraction of sp³-hybridized carbons (Fsp3) is 0.0435. The van der Waals surface area contributed by atoms with Crippen molar-refractivity contribution in [3.63, 3.8) is 0 Å². The van der Waals surface area contributed by atoms with Crippen LogP contribution in [0.1, 0.15) is 5.56 Å². The fourth-order valence-corrected chi connectivity index (χ4v) is 2.96. The molecule has 25 heavy (non-hydrogen) atoms. The Morgan fingerprint density at radius 3 is 1.20 bits per heavy atom. The van der Waals surface area contributed by atoms with Crippen LogP contribution in [0, 0.1) is 6.92 Å². The van der Waals surface area contributed by atoms with E-state index in [1.165, 1.54) is 38.9 Å². The first-order chi connectivity index (χ1) is 12.3. The van der Waals surface area contributed by atoms with Gasteiger partial charge in [-0.05, 0) is 82.8 Å². The highest BCUT2D eigenvalue weighted by Crippen LogP contribution is 2.32. The van der Waals surface area contributed by atoms with Crippen LogP contribution in [0.25, 0.3) is 33.4 Å². The van der Waals surface area contributed by atoms with Gasteiger partial charge in [-0.3, -0.25) is 9.97 Å². The summed E-state index contributed by atoms with van der Waals surface area (Å²) in [6.07, 6.45) is 7.33. The summed E-state index contributed by atoms with van der Waals surface area (Å²) < 4.78 is 0. The summed E-state index contributed by atoms with van der Waals surface area (Å²) in [5.74, 6) is 0. The topological polar surface area (TPSA) is 25.8 Å². The molecule has 0 aliphatic heterocycles. The van der Waals surface area contributed by atoms with Crippen LogP contribution < -0.4 is 0 Å². The van der Waals surface area contributed by atoms with E-state index in [9.17, 15) is 0 Å². The molecule has 2 heterocycles. The monoisotopic (exact) mass is 322 g/mol. The minimum absolute atomic E-state index is 1.17. The quantitative estimate of drug-likeness (QED) is 0.477.